The quantitative estimate of drug-likeness (QED) is 0.680. The molecule has 2 aromatic rings. The number of rotatable bonds is 3. The van der Waals surface area contributed by atoms with Crippen molar-refractivity contribution < 1.29 is 13.4 Å². The fourth-order valence-electron chi connectivity index (χ4n) is 4.35. The standard InChI is InChI=1S/C22H22ClFN6O2S/c1-21(2)20(26)30-22(3,17-6-7-28-33(17,21)32)14-9-13(4-5-16(14)24)29-19(31)18-15(23)8-12(10-25)11-27-18/h4-5,8-9,11,17H,6-7H2,1-3H3,(H2,26,30)(H,29,31)/t17-,22+,33+/m0/s1. The summed E-state index contributed by atoms with van der Waals surface area (Å²) in [6, 6.07) is 7.29. The van der Waals surface area contributed by atoms with Gasteiger partial charge in [-0.1, -0.05) is 11.6 Å². The van der Waals surface area contributed by atoms with Crippen LogP contribution in [0.15, 0.2) is 39.8 Å². The Hall–Kier alpha value is -3.03. The molecule has 1 amide bonds. The molecule has 2 aliphatic rings. The third kappa shape index (κ3) is 3.47. The average Bonchev–Trinajstić information content (AvgIpc) is 3.18. The number of nitriles is 1. The Morgan fingerprint density at radius 3 is 2.76 bits per heavy atom. The van der Waals surface area contributed by atoms with E-state index in [0.29, 0.717) is 13.0 Å². The molecular weight excluding hydrogens is 467 g/mol. The van der Waals surface area contributed by atoms with E-state index in [0.717, 1.165) is 0 Å². The predicted octanol–water partition coefficient (Wildman–Crippen LogP) is 3.60. The van der Waals surface area contributed by atoms with E-state index in [1.54, 1.807) is 20.8 Å². The van der Waals surface area contributed by atoms with E-state index in [1.165, 1.54) is 30.5 Å². The highest BCUT2D eigenvalue weighted by molar-refractivity contribution is 7.96. The first kappa shape index (κ1) is 23.1. The van der Waals surface area contributed by atoms with Gasteiger partial charge in [0.15, 0.2) is 0 Å². The van der Waals surface area contributed by atoms with E-state index >= 15 is 4.39 Å². The molecule has 0 bridgehead atoms. The second-order valence-corrected chi connectivity index (χ2v) is 12.1. The smallest absolute Gasteiger partial charge is 0.275 e. The summed E-state index contributed by atoms with van der Waals surface area (Å²) in [6.07, 6.45) is 1.72. The molecule has 0 saturated heterocycles. The number of nitrogens with two attached hydrogens (primary N) is 1. The zero-order valence-electron chi connectivity index (χ0n) is 18.2. The van der Waals surface area contributed by atoms with Crippen LogP contribution < -0.4 is 11.1 Å². The molecule has 0 saturated carbocycles. The molecule has 0 spiro atoms. The van der Waals surface area contributed by atoms with E-state index in [1.807, 2.05) is 6.07 Å². The number of pyridine rings is 1. The van der Waals surface area contributed by atoms with Gasteiger partial charge in [-0.25, -0.2) is 17.9 Å². The van der Waals surface area contributed by atoms with Crippen molar-refractivity contribution in [3.63, 3.8) is 0 Å². The number of fused-ring (bicyclic) bond motifs is 1. The van der Waals surface area contributed by atoms with Crippen molar-refractivity contribution >= 4 is 38.8 Å². The first-order valence-corrected chi connectivity index (χ1v) is 12.1. The van der Waals surface area contributed by atoms with E-state index < -0.39 is 37.0 Å². The minimum absolute atomic E-state index is 0.0139. The lowest BCUT2D eigenvalue weighted by atomic mass is 9.85. The molecule has 1 aromatic carbocycles. The number of benzene rings is 1. The first-order valence-electron chi connectivity index (χ1n) is 10.2. The number of amides is 1. The molecule has 33 heavy (non-hydrogen) atoms. The number of nitrogens with one attached hydrogen (secondary N) is 1. The average molecular weight is 489 g/mol. The van der Waals surface area contributed by atoms with Crippen LogP contribution in [0.1, 0.15) is 48.8 Å². The summed E-state index contributed by atoms with van der Waals surface area (Å²) in [5, 5.41) is 11.1. The summed E-state index contributed by atoms with van der Waals surface area (Å²) in [7, 11) is -2.83. The molecule has 0 fully saturated rings. The van der Waals surface area contributed by atoms with Gasteiger partial charge in [0.2, 0.25) is 0 Å². The lowest BCUT2D eigenvalue weighted by Crippen LogP contribution is -2.58. The van der Waals surface area contributed by atoms with Gasteiger partial charge in [0.05, 0.1) is 25.6 Å². The number of hydrogen-bond acceptors (Lipinski definition) is 7. The third-order valence-corrected chi connectivity index (χ3v) is 10.3. The fourth-order valence-corrected chi connectivity index (χ4v) is 7.77. The molecule has 3 atom stereocenters. The summed E-state index contributed by atoms with van der Waals surface area (Å²) in [5.41, 5.74) is 5.57. The van der Waals surface area contributed by atoms with Gasteiger partial charge in [-0.15, -0.1) is 0 Å². The molecule has 0 unspecified atom stereocenters. The molecule has 3 N–H and O–H groups in total. The van der Waals surface area contributed by atoms with Crippen LogP contribution in [0, 0.1) is 17.1 Å². The summed E-state index contributed by atoms with van der Waals surface area (Å²) in [5.74, 6) is -1.03. The Balaban J connectivity index is 1.75. The number of anilines is 1. The molecule has 1 aromatic heterocycles. The monoisotopic (exact) mass is 488 g/mol. The van der Waals surface area contributed by atoms with Gasteiger partial charge in [0.1, 0.15) is 33.7 Å². The maximum absolute atomic E-state index is 15.1. The van der Waals surface area contributed by atoms with Crippen molar-refractivity contribution in [3.05, 3.63) is 58.1 Å². The van der Waals surface area contributed by atoms with Crippen molar-refractivity contribution in [1.82, 2.24) is 4.98 Å². The number of nitrogens with zero attached hydrogens (tertiary/aromatic N) is 4. The number of carbonyl (C=O) groups is 1. The van der Waals surface area contributed by atoms with Crippen LogP contribution >= 0.6 is 11.6 Å². The molecule has 4 rings (SSSR count). The number of amidine groups is 1. The van der Waals surface area contributed by atoms with Crippen LogP contribution in [0.3, 0.4) is 0 Å². The van der Waals surface area contributed by atoms with Crippen molar-refractivity contribution in [2.45, 2.75) is 42.7 Å². The second kappa shape index (κ2) is 7.78. The molecule has 0 aliphatic carbocycles. The summed E-state index contributed by atoms with van der Waals surface area (Å²) in [4.78, 5) is 21.3. The van der Waals surface area contributed by atoms with Crippen molar-refractivity contribution in [2.24, 2.45) is 15.1 Å². The van der Waals surface area contributed by atoms with Crippen LogP contribution in [0.2, 0.25) is 5.02 Å². The molecule has 8 nitrogen and oxygen atoms in total. The Labute approximate surface area is 196 Å². The predicted molar refractivity (Wildman–Crippen MR) is 125 cm³/mol. The SMILES string of the molecule is CC1(C)C(N)=N[C@](C)(c2cc(NC(=O)c3ncc(C#N)cc3Cl)ccc2F)[C@@H]2CCN=[S@@]21=O. The second-order valence-electron chi connectivity index (χ2n) is 8.67. The van der Waals surface area contributed by atoms with E-state index in [2.05, 4.69) is 19.7 Å². The summed E-state index contributed by atoms with van der Waals surface area (Å²) >= 11 is 6.08. The van der Waals surface area contributed by atoms with Gasteiger partial charge >= 0.3 is 0 Å². The van der Waals surface area contributed by atoms with Gasteiger partial charge in [-0.05, 0) is 51.5 Å². The maximum atomic E-state index is 15.1. The lowest BCUT2D eigenvalue weighted by Gasteiger charge is -2.44. The zero-order valence-corrected chi connectivity index (χ0v) is 19.8. The number of hydrogen-bond donors (Lipinski definition) is 2. The minimum atomic E-state index is -2.83. The molecule has 11 heteroatoms. The summed E-state index contributed by atoms with van der Waals surface area (Å²) in [6.45, 7) is 5.57. The minimum Gasteiger partial charge on any atom is -0.386 e. The Kier molecular flexibility index (Phi) is 5.46. The fraction of sp³-hybridized carbons (Fsp3) is 0.364. The van der Waals surface area contributed by atoms with Gasteiger partial charge in [0.25, 0.3) is 5.91 Å². The highest BCUT2D eigenvalue weighted by Crippen LogP contribution is 2.48. The van der Waals surface area contributed by atoms with Crippen LogP contribution in [0.4, 0.5) is 10.1 Å². The Morgan fingerprint density at radius 2 is 2.09 bits per heavy atom. The maximum Gasteiger partial charge on any atom is 0.275 e. The normalized spacial score (nSPS) is 27.6. The van der Waals surface area contributed by atoms with E-state index in [4.69, 9.17) is 22.6 Å². The van der Waals surface area contributed by atoms with Crippen LogP contribution in [-0.4, -0.2) is 37.5 Å². The highest BCUT2D eigenvalue weighted by Gasteiger charge is 2.56. The molecule has 3 heterocycles. The zero-order chi connectivity index (χ0) is 24.2. The molecule has 172 valence electrons. The third-order valence-electron chi connectivity index (χ3n) is 6.34. The van der Waals surface area contributed by atoms with Crippen LogP contribution in [0.5, 0.6) is 0 Å². The van der Waals surface area contributed by atoms with Crippen LogP contribution in [-0.2, 0) is 15.3 Å². The van der Waals surface area contributed by atoms with Gasteiger partial charge in [-0.3, -0.25) is 9.79 Å². The van der Waals surface area contributed by atoms with E-state index in [9.17, 15) is 9.00 Å². The van der Waals surface area contributed by atoms with Crippen molar-refractivity contribution in [2.75, 3.05) is 11.9 Å². The van der Waals surface area contributed by atoms with Gasteiger partial charge in [-0.2, -0.15) is 5.26 Å². The number of halogens is 2. The summed E-state index contributed by atoms with van der Waals surface area (Å²) < 4.78 is 32.5. The van der Waals surface area contributed by atoms with Gasteiger partial charge < -0.3 is 11.1 Å². The largest absolute Gasteiger partial charge is 0.386 e. The Morgan fingerprint density at radius 1 is 1.36 bits per heavy atom. The van der Waals surface area contributed by atoms with Crippen LogP contribution in [0.25, 0.3) is 0 Å². The first-order chi connectivity index (χ1) is 15.4. The topological polar surface area (TPSA) is 134 Å². The number of aromatic nitrogens is 1. The number of carbonyl (C=O) groups excluding carboxylic acids is 1. The van der Waals surface area contributed by atoms with Crippen molar-refractivity contribution in [1.29, 1.82) is 5.26 Å². The highest BCUT2D eigenvalue weighted by atomic mass is 35.5. The van der Waals surface area contributed by atoms with Crippen molar-refractivity contribution in [3.8, 4) is 6.07 Å². The molecule has 2 aliphatic heterocycles. The van der Waals surface area contributed by atoms with Gasteiger partial charge in [0, 0.05) is 24.0 Å². The molecular formula is C22H22ClFN6O2S. The lowest BCUT2D eigenvalue weighted by molar-refractivity contribution is 0.102. The Bertz CT molecular complexity index is 1380. The number of aliphatic imine (C=N–C) groups is 1. The van der Waals surface area contributed by atoms with E-state index in [-0.39, 0.29) is 33.4 Å². The molecule has 0 radical (unpaired) electrons.